The van der Waals surface area contributed by atoms with Gasteiger partial charge >= 0.3 is 0 Å². The zero-order valence-corrected chi connectivity index (χ0v) is 18.1. The van der Waals surface area contributed by atoms with Gasteiger partial charge in [0.15, 0.2) is 5.13 Å². The van der Waals surface area contributed by atoms with E-state index in [0.29, 0.717) is 5.82 Å². The van der Waals surface area contributed by atoms with E-state index in [1.165, 1.54) is 23.6 Å². The third kappa shape index (κ3) is 4.34. The molecule has 4 rings (SSSR count). The molecule has 158 valence electrons. The smallest absolute Gasteiger partial charge is 0.223 e. The van der Waals surface area contributed by atoms with E-state index in [0.717, 1.165) is 53.3 Å². The highest BCUT2D eigenvalue weighted by atomic mass is 32.1. The molecule has 1 aliphatic heterocycles. The lowest BCUT2D eigenvalue weighted by molar-refractivity contribution is 0.311. The van der Waals surface area contributed by atoms with Crippen LogP contribution < -0.4 is 16.0 Å². The molecule has 0 radical (unpaired) electrons. The summed E-state index contributed by atoms with van der Waals surface area (Å²) in [5, 5.41) is 4.05. The van der Waals surface area contributed by atoms with E-state index in [1.54, 1.807) is 6.07 Å². The Morgan fingerprint density at radius 3 is 2.53 bits per heavy atom. The van der Waals surface area contributed by atoms with Gasteiger partial charge in [-0.3, -0.25) is 4.98 Å². The van der Waals surface area contributed by atoms with Gasteiger partial charge in [0.05, 0.1) is 6.20 Å². The number of rotatable bonds is 5. The Balaban J connectivity index is 1.80. The second-order valence-electron chi connectivity index (χ2n) is 7.48. The molecule has 4 heterocycles. The summed E-state index contributed by atoms with van der Waals surface area (Å²) in [5.74, 6) is 1.04. The first-order valence-corrected chi connectivity index (χ1v) is 10.6. The molecule has 0 bridgehead atoms. The Morgan fingerprint density at radius 1 is 1.13 bits per heavy atom. The molecule has 30 heavy (non-hydrogen) atoms. The first kappa shape index (κ1) is 20.4. The molecular weight excluding hydrogens is 403 g/mol. The summed E-state index contributed by atoms with van der Waals surface area (Å²) >= 11 is 1.54. The number of piperazine rings is 1. The van der Waals surface area contributed by atoms with Gasteiger partial charge in [-0.15, -0.1) is 11.3 Å². The fourth-order valence-electron chi connectivity index (χ4n) is 3.53. The summed E-state index contributed by atoms with van der Waals surface area (Å²) in [6.07, 6.45) is 3.04. The van der Waals surface area contributed by atoms with Crippen LogP contribution in [-0.2, 0) is 0 Å². The molecule has 0 saturated carbocycles. The van der Waals surface area contributed by atoms with Crippen molar-refractivity contribution in [3.05, 3.63) is 46.5 Å². The minimum Gasteiger partial charge on any atom is -0.368 e. The van der Waals surface area contributed by atoms with Crippen LogP contribution in [0.4, 0.5) is 27.1 Å². The maximum absolute atomic E-state index is 13.4. The lowest BCUT2D eigenvalue weighted by Gasteiger charge is -2.35. The SMILES string of the molecule is Cc1cnc(Nc2nc(N)nc(N3CCN(C)CC3)c2[C@H](C)c2ccc(F)cn2)s1. The van der Waals surface area contributed by atoms with Gasteiger partial charge in [-0.05, 0) is 26.1 Å². The van der Waals surface area contributed by atoms with Gasteiger partial charge in [-0.25, -0.2) is 9.37 Å². The summed E-state index contributed by atoms with van der Waals surface area (Å²) < 4.78 is 13.4. The van der Waals surface area contributed by atoms with Crippen molar-refractivity contribution in [3.8, 4) is 0 Å². The lowest BCUT2D eigenvalue weighted by Crippen LogP contribution is -2.45. The predicted octanol–water partition coefficient (Wildman–Crippen LogP) is 3.01. The molecule has 0 aromatic carbocycles. The number of nitrogens with one attached hydrogen (secondary N) is 1. The lowest BCUT2D eigenvalue weighted by atomic mass is 9.97. The van der Waals surface area contributed by atoms with Crippen LogP contribution in [0.1, 0.15) is 29.0 Å². The van der Waals surface area contributed by atoms with Crippen LogP contribution in [0.3, 0.4) is 0 Å². The van der Waals surface area contributed by atoms with Crippen LogP contribution in [0.2, 0.25) is 0 Å². The average Bonchev–Trinajstić information content (AvgIpc) is 3.13. The first-order valence-electron chi connectivity index (χ1n) is 9.82. The second kappa shape index (κ2) is 8.49. The van der Waals surface area contributed by atoms with E-state index in [4.69, 9.17) is 5.73 Å². The van der Waals surface area contributed by atoms with Crippen molar-refractivity contribution in [1.82, 2.24) is 24.8 Å². The molecule has 3 N–H and O–H groups in total. The standard InChI is InChI=1S/C20H25FN8S/c1-12-10-24-20(30-12)26-17-16(13(2)15-5-4-14(21)11-23-15)18(27-19(22)25-17)29-8-6-28(3)7-9-29/h4-5,10-11,13H,6-9H2,1-3H3,(H3,22,24,25,26,27)/t13-/m1/s1. The predicted molar refractivity (Wildman–Crippen MR) is 118 cm³/mol. The number of likely N-dealkylation sites (N-methyl/N-ethyl adjacent to an activating group) is 1. The maximum Gasteiger partial charge on any atom is 0.223 e. The van der Waals surface area contributed by atoms with Gasteiger partial charge in [0.2, 0.25) is 5.95 Å². The molecule has 1 atom stereocenters. The fourth-order valence-corrected chi connectivity index (χ4v) is 4.20. The number of hydrogen-bond donors (Lipinski definition) is 2. The number of nitrogen functional groups attached to an aromatic ring is 1. The molecule has 3 aromatic heterocycles. The second-order valence-corrected chi connectivity index (χ2v) is 8.72. The normalized spacial score (nSPS) is 15.9. The van der Waals surface area contributed by atoms with Gasteiger partial charge in [0, 0.05) is 54.4 Å². The number of anilines is 4. The summed E-state index contributed by atoms with van der Waals surface area (Å²) in [6.45, 7) is 7.55. The zero-order chi connectivity index (χ0) is 21.3. The van der Waals surface area contributed by atoms with E-state index in [2.05, 4.69) is 42.1 Å². The van der Waals surface area contributed by atoms with Crippen molar-refractivity contribution in [2.45, 2.75) is 19.8 Å². The summed E-state index contributed by atoms with van der Waals surface area (Å²) in [5.41, 5.74) is 7.71. The third-order valence-electron chi connectivity index (χ3n) is 5.22. The van der Waals surface area contributed by atoms with E-state index >= 15 is 0 Å². The molecule has 0 spiro atoms. The number of nitrogens with zero attached hydrogens (tertiary/aromatic N) is 6. The molecule has 0 unspecified atom stereocenters. The Morgan fingerprint density at radius 2 is 1.90 bits per heavy atom. The van der Waals surface area contributed by atoms with Gasteiger partial charge in [0.1, 0.15) is 17.5 Å². The Bertz CT molecular complexity index is 1010. The van der Waals surface area contributed by atoms with Crippen LogP contribution in [0, 0.1) is 12.7 Å². The number of hydrogen-bond acceptors (Lipinski definition) is 9. The van der Waals surface area contributed by atoms with Crippen molar-refractivity contribution < 1.29 is 4.39 Å². The summed E-state index contributed by atoms with van der Waals surface area (Å²) in [4.78, 5) is 23.4. The van der Waals surface area contributed by atoms with Gasteiger partial charge in [-0.1, -0.05) is 6.92 Å². The number of pyridine rings is 1. The highest BCUT2D eigenvalue weighted by molar-refractivity contribution is 7.15. The molecule has 1 aliphatic rings. The molecule has 3 aromatic rings. The summed E-state index contributed by atoms with van der Waals surface area (Å²) in [6, 6.07) is 3.12. The van der Waals surface area contributed by atoms with E-state index < -0.39 is 0 Å². The third-order valence-corrected chi connectivity index (χ3v) is 6.05. The number of thiazole rings is 1. The fraction of sp³-hybridized carbons (Fsp3) is 0.400. The van der Waals surface area contributed by atoms with Gasteiger partial charge < -0.3 is 20.9 Å². The van der Waals surface area contributed by atoms with E-state index in [-0.39, 0.29) is 17.7 Å². The van der Waals surface area contributed by atoms with Crippen LogP contribution in [0.15, 0.2) is 24.5 Å². The Kier molecular flexibility index (Phi) is 5.78. The van der Waals surface area contributed by atoms with Crippen LogP contribution >= 0.6 is 11.3 Å². The molecule has 1 saturated heterocycles. The van der Waals surface area contributed by atoms with E-state index in [9.17, 15) is 4.39 Å². The zero-order valence-electron chi connectivity index (χ0n) is 17.3. The summed E-state index contributed by atoms with van der Waals surface area (Å²) in [7, 11) is 2.11. The first-order chi connectivity index (χ1) is 14.4. The van der Waals surface area contributed by atoms with Crippen LogP contribution in [0.5, 0.6) is 0 Å². The van der Waals surface area contributed by atoms with Crippen molar-refractivity contribution in [2.75, 3.05) is 49.2 Å². The molecule has 1 fully saturated rings. The molecule has 10 heteroatoms. The highest BCUT2D eigenvalue weighted by Crippen LogP contribution is 2.37. The topological polar surface area (TPSA) is 96.1 Å². The largest absolute Gasteiger partial charge is 0.368 e. The monoisotopic (exact) mass is 428 g/mol. The minimum atomic E-state index is -0.365. The quantitative estimate of drug-likeness (QED) is 0.640. The van der Waals surface area contributed by atoms with Gasteiger partial charge in [0.25, 0.3) is 0 Å². The van der Waals surface area contributed by atoms with Crippen molar-refractivity contribution in [1.29, 1.82) is 0 Å². The molecule has 0 amide bonds. The maximum atomic E-state index is 13.4. The van der Waals surface area contributed by atoms with Crippen LogP contribution in [0.25, 0.3) is 0 Å². The average molecular weight is 429 g/mol. The Hall–Kier alpha value is -2.85. The number of aromatic nitrogens is 4. The van der Waals surface area contributed by atoms with Crippen molar-refractivity contribution in [2.24, 2.45) is 0 Å². The van der Waals surface area contributed by atoms with Crippen molar-refractivity contribution in [3.63, 3.8) is 0 Å². The Labute approximate surface area is 179 Å². The minimum absolute atomic E-state index is 0.176. The van der Waals surface area contributed by atoms with Gasteiger partial charge in [-0.2, -0.15) is 9.97 Å². The number of halogens is 1. The van der Waals surface area contributed by atoms with Crippen molar-refractivity contribution >= 4 is 34.1 Å². The molecule has 8 nitrogen and oxygen atoms in total. The molecule has 0 aliphatic carbocycles. The molecular formula is C20H25FN8S. The van der Waals surface area contributed by atoms with Crippen LogP contribution in [-0.4, -0.2) is 58.1 Å². The number of aryl methyl sites for hydroxylation is 1. The highest BCUT2D eigenvalue weighted by Gasteiger charge is 2.27. The number of nitrogens with two attached hydrogens (primary N) is 1. The van der Waals surface area contributed by atoms with E-state index in [1.807, 2.05) is 20.0 Å².